The Hall–Kier alpha value is -2.34. The lowest BCUT2D eigenvalue weighted by atomic mass is 9.96. The zero-order valence-corrected chi connectivity index (χ0v) is 18.9. The molecule has 1 amide bonds. The number of aromatic nitrogens is 1. The molecule has 1 N–H and O–H groups in total. The Morgan fingerprint density at radius 3 is 2.58 bits per heavy atom. The summed E-state index contributed by atoms with van der Waals surface area (Å²) in [5, 5.41) is 3.35. The first-order valence-electron chi connectivity index (χ1n) is 11.8. The predicted molar refractivity (Wildman–Crippen MR) is 121 cm³/mol. The van der Waals surface area contributed by atoms with Gasteiger partial charge in [-0.3, -0.25) is 9.69 Å². The van der Waals surface area contributed by atoms with Crippen LogP contribution in [0.3, 0.4) is 0 Å². The summed E-state index contributed by atoms with van der Waals surface area (Å²) in [6, 6.07) is 8.12. The van der Waals surface area contributed by atoms with Crippen LogP contribution in [0.1, 0.15) is 62.8 Å². The van der Waals surface area contributed by atoms with E-state index in [1.54, 1.807) is 7.11 Å². The SMILES string of the molecule is COc1ccc(-c2nc(CN3CCCC(C(=O)NC4CCCCCC4)C3)c(C)o2)cc1. The van der Waals surface area contributed by atoms with Crippen molar-refractivity contribution in [2.75, 3.05) is 20.2 Å². The number of methoxy groups -OCH3 is 1. The van der Waals surface area contributed by atoms with E-state index in [1.807, 2.05) is 31.2 Å². The number of carbonyl (C=O) groups is 1. The fourth-order valence-electron chi connectivity index (χ4n) is 4.80. The minimum Gasteiger partial charge on any atom is -0.497 e. The second-order valence-corrected chi connectivity index (χ2v) is 9.02. The zero-order chi connectivity index (χ0) is 21.6. The third-order valence-corrected chi connectivity index (χ3v) is 6.68. The first-order valence-corrected chi connectivity index (χ1v) is 11.8. The minimum atomic E-state index is 0.0743. The second-order valence-electron chi connectivity index (χ2n) is 9.02. The molecule has 1 saturated heterocycles. The van der Waals surface area contributed by atoms with Crippen LogP contribution < -0.4 is 10.1 Å². The number of likely N-dealkylation sites (tertiary alicyclic amines) is 1. The number of aryl methyl sites for hydroxylation is 1. The van der Waals surface area contributed by atoms with Gasteiger partial charge in [0, 0.05) is 24.7 Å². The lowest BCUT2D eigenvalue weighted by molar-refractivity contribution is -0.127. The molecule has 0 bridgehead atoms. The van der Waals surface area contributed by atoms with Crippen molar-refractivity contribution in [1.82, 2.24) is 15.2 Å². The van der Waals surface area contributed by atoms with Gasteiger partial charge in [-0.25, -0.2) is 4.98 Å². The van der Waals surface area contributed by atoms with Gasteiger partial charge in [0.1, 0.15) is 11.5 Å². The number of hydrogen-bond acceptors (Lipinski definition) is 5. The molecular weight excluding hydrogens is 390 g/mol. The zero-order valence-electron chi connectivity index (χ0n) is 18.9. The highest BCUT2D eigenvalue weighted by Gasteiger charge is 2.28. The standard InChI is InChI=1S/C25H35N3O3/c1-18-23(27-25(31-18)19-11-13-22(30-2)14-12-19)17-28-15-7-8-20(16-28)24(29)26-21-9-5-3-4-6-10-21/h11-14,20-21H,3-10,15-17H2,1-2H3,(H,26,29). The normalized spacial score (nSPS) is 20.9. The van der Waals surface area contributed by atoms with Crippen molar-refractivity contribution in [3.8, 4) is 17.2 Å². The Kier molecular flexibility index (Phi) is 7.28. The Morgan fingerprint density at radius 2 is 1.87 bits per heavy atom. The molecule has 1 aliphatic heterocycles. The number of carbonyl (C=O) groups excluding carboxylic acids is 1. The van der Waals surface area contributed by atoms with Crippen LogP contribution in [0.4, 0.5) is 0 Å². The molecule has 6 heteroatoms. The summed E-state index contributed by atoms with van der Waals surface area (Å²) in [5.41, 5.74) is 1.89. The van der Waals surface area contributed by atoms with E-state index in [2.05, 4.69) is 10.2 Å². The number of nitrogens with zero attached hydrogens (tertiary/aromatic N) is 2. The highest BCUT2D eigenvalue weighted by Crippen LogP contribution is 2.26. The number of benzene rings is 1. The summed E-state index contributed by atoms with van der Waals surface area (Å²) in [4.78, 5) is 20.0. The molecule has 2 aromatic rings. The Bertz CT molecular complexity index is 853. The van der Waals surface area contributed by atoms with Gasteiger partial charge in [0.25, 0.3) is 0 Å². The van der Waals surface area contributed by atoms with E-state index < -0.39 is 0 Å². The molecule has 0 radical (unpaired) electrons. The molecule has 2 heterocycles. The molecule has 1 atom stereocenters. The summed E-state index contributed by atoms with van der Waals surface area (Å²) in [6.07, 6.45) is 9.38. The number of amides is 1. The number of oxazole rings is 1. The fraction of sp³-hybridized carbons (Fsp3) is 0.600. The van der Waals surface area contributed by atoms with Crippen LogP contribution in [0.25, 0.3) is 11.5 Å². The molecule has 1 aromatic heterocycles. The Morgan fingerprint density at radius 1 is 1.13 bits per heavy atom. The molecule has 1 aliphatic carbocycles. The number of hydrogen-bond donors (Lipinski definition) is 1. The van der Waals surface area contributed by atoms with E-state index in [1.165, 1.54) is 25.7 Å². The van der Waals surface area contributed by atoms with E-state index in [9.17, 15) is 4.79 Å². The molecule has 1 unspecified atom stereocenters. The molecule has 4 rings (SSSR count). The predicted octanol–water partition coefficient (Wildman–Crippen LogP) is 4.71. The third-order valence-electron chi connectivity index (χ3n) is 6.68. The van der Waals surface area contributed by atoms with Crippen LogP contribution >= 0.6 is 0 Å². The number of rotatable bonds is 6. The Labute approximate surface area is 185 Å². The fourth-order valence-corrected chi connectivity index (χ4v) is 4.80. The van der Waals surface area contributed by atoms with Crippen molar-refractivity contribution < 1.29 is 13.9 Å². The smallest absolute Gasteiger partial charge is 0.226 e. The quantitative estimate of drug-likeness (QED) is 0.679. The van der Waals surface area contributed by atoms with Gasteiger partial charge < -0.3 is 14.5 Å². The van der Waals surface area contributed by atoms with Gasteiger partial charge in [-0.15, -0.1) is 0 Å². The summed E-state index contributed by atoms with van der Waals surface area (Å²) in [6.45, 7) is 4.48. The van der Waals surface area contributed by atoms with Crippen molar-refractivity contribution in [2.45, 2.75) is 70.9 Å². The average Bonchev–Trinajstić information content (AvgIpc) is 2.98. The van der Waals surface area contributed by atoms with E-state index >= 15 is 0 Å². The van der Waals surface area contributed by atoms with Gasteiger partial charge in [0.15, 0.2) is 0 Å². The Balaban J connectivity index is 1.35. The van der Waals surface area contributed by atoms with Crippen LogP contribution in [0.15, 0.2) is 28.7 Å². The molecule has 0 spiro atoms. The van der Waals surface area contributed by atoms with Gasteiger partial charge in [0.05, 0.1) is 18.7 Å². The van der Waals surface area contributed by atoms with Crippen LogP contribution in [-0.2, 0) is 11.3 Å². The van der Waals surface area contributed by atoms with Crippen molar-refractivity contribution in [3.63, 3.8) is 0 Å². The lowest BCUT2D eigenvalue weighted by Crippen LogP contribution is -2.45. The summed E-state index contributed by atoms with van der Waals surface area (Å²) < 4.78 is 11.2. The maximum absolute atomic E-state index is 12.9. The summed E-state index contributed by atoms with van der Waals surface area (Å²) in [7, 11) is 1.66. The van der Waals surface area contributed by atoms with E-state index in [4.69, 9.17) is 14.1 Å². The minimum absolute atomic E-state index is 0.0743. The molecule has 2 aliphatic rings. The highest BCUT2D eigenvalue weighted by atomic mass is 16.5. The molecule has 168 valence electrons. The van der Waals surface area contributed by atoms with Gasteiger partial charge in [-0.05, 0) is 63.4 Å². The second kappa shape index (κ2) is 10.3. The highest BCUT2D eigenvalue weighted by molar-refractivity contribution is 5.79. The third kappa shape index (κ3) is 5.67. The number of nitrogens with one attached hydrogen (secondary N) is 1. The largest absolute Gasteiger partial charge is 0.497 e. The monoisotopic (exact) mass is 425 g/mol. The van der Waals surface area contributed by atoms with Gasteiger partial charge in [-0.2, -0.15) is 0 Å². The molecule has 6 nitrogen and oxygen atoms in total. The lowest BCUT2D eigenvalue weighted by Gasteiger charge is -2.32. The molecule has 31 heavy (non-hydrogen) atoms. The van der Waals surface area contributed by atoms with Crippen molar-refractivity contribution >= 4 is 5.91 Å². The van der Waals surface area contributed by atoms with Gasteiger partial charge in [0.2, 0.25) is 11.8 Å². The van der Waals surface area contributed by atoms with Crippen molar-refractivity contribution in [2.24, 2.45) is 5.92 Å². The van der Waals surface area contributed by atoms with Crippen LogP contribution in [0.2, 0.25) is 0 Å². The van der Waals surface area contributed by atoms with E-state index in [-0.39, 0.29) is 11.8 Å². The maximum Gasteiger partial charge on any atom is 0.226 e. The van der Waals surface area contributed by atoms with Crippen LogP contribution in [-0.4, -0.2) is 42.0 Å². The molecular formula is C25H35N3O3. The van der Waals surface area contributed by atoms with Gasteiger partial charge >= 0.3 is 0 Å². The first kappa shape index (κ1) is 21.9. The summed E-state index contributed by atoms with van der Waals surface area (Å²) in [5.74, 6) is 2.61. The van der Waals surface area contributed by atoms with E-state index in [0.29, 0.717) is 11.9 Å². The van der Waals surface area contributed by atoms with Gasteiger partial charge in [-0.1, -0.05) is 25.7 Å². The topological polar surface area (TPSA) is 67.6 Å². The molecule has 1 saturated carbocycles. The van der Waals surface area contributed by atoms with Crippen molar-refractivity contribution in [3.05, 3.63) is 35.7 Å². The van der Waals surface area contributed by atoms with E-state index in [0.717, 1.165) is 68.1 Å². The van der Waals surface area contributed by atoms with Crippen LogP contribution in [0.5, 0.6) is 5.75 Å². The number of piperidine rings is 1. The molecule has 1 aromatic carbocycles. The summed E-state index contributed by atoms with van der Waals surface area (Å²) >= 11 is 0. The molecule has 2 fully saturated rings. The number of ether oxygens (including phenoxy) is 1. The maximum atomic E-state index is 12.9. The van der Waals surface area contributed by atoms with Crippen LogP contribution in [0, 0.1) is 12.8 Å². The van der Waals surface area contributed by atoms with Crippen molar-refractivity contribution in [1.29, 1.82) is 0 Å². The average molecular weight is 426 g/mol. The first-order chi connectivity index (χ1) is 15.1.